The first kappa shape index (κ1) is 9.90. The van der Waals surface area contributed by atoms with E-state index in [1.807, 2.05) is 30.3 Å². The number of rotatable bonds is 4. The van der Waals surface area contributed by atoms with Crippen LogP contribution in [0.1, 0.15) is 24.8 Å². The van der Waals surface area contributed by atoms with E-state index >= 15 is 0 Å². The highest BCUT2D eigenvalue weighted by molar-refractivity contribution is 5.76. The van der Waals surface area contributed by atoms with Crippen LogP contribution in [0.2, 0.25) is 0 Å². The Bertz CT molecular complexity index is 269. The maximum Gasteiger partial charge on any atom is 0.130 e. The zero-order valence-electron chi connectivity index (χ0n) is 7.66. The molecule has 0 aliphatic heterocycles. The highest BCUT2D eigenvalue weighted by Crippen LogP contribution is 2.19. The topological polar surface area (TPSA) is 17.1 Å². The minimum atomic E-state index is -0.469. The van der Waals surface area contributed by atoms with Crippen LogP contribution in [-0.2, 0) is 4.79 Å². The van der Waals surface area contributed by atoms with Gasteiger partial charge in [0.2, 0.25) is 0 Å². The molecule has 0 radical (unpaired) electrons. The monoisotopic (exact) mass is 180 g/mol. The van der Waals surface area contributed by atoms with Gasteiger partial charge in [-0.25, -0.2) is 0 Å². The lowest BCUT2D eigenvalue weighted by atomic mass is 9.95. The Morgan fingerprint density at radius 2 is 2.00 bits per heavy atom. The Hall–Kier alpha value is -1.18. The number of alkyl halides is 1. The number of halogens is 1. The molecule has 0 aliphatic rings. The fraction of sp³-hybridized carbons (Fsp3) is 0.364. The average molecular weight is 180 g/mol. The molecule has 0 aliphatic carbocycles. The maximum atomic E-state index is 12.6. The Morgan fingerprint density at radius 1 is 1.38 bits per heavy atom. The molecular formula is C11H13FO. The molecule has 0 saturated carbocycles. The molecule has 0 bridgehead atoms. The lowest BCUT2D eigenvalue weighted by molar-refractivity contribution is -0.117. The van der Waals surface area contributed by atoms with Crippen molar-refractivity contribution in [2.24, 2.45) is 0 Å². The molecule has 0 saturated heterocycles. The number of hydrogen-bond donors (Lipinski definition) is 0. The van der Waals surface area contributed by atoms with E-state index in [4.69, 9.17) is 0 Å². The normalized spacial score (nSPS) is 12.5. The van der Waals surface area contributed by atoms with Gasteiger partial charge in [0.1, 0.15) is 5.78 Å². The summed E-state index contributed by atoms with van der Waals surface area (Å²) < 4.78 is 12.6. The van der Waals surface area contributed by atoms with Gasteiger partial charge in [0.05, 0.1) is 6.67 Å². The minimum absolute atomic E-state index is 0.0338. The van der Waals surface area contributed by atoms with Crippen LogP contribution >= 0.6 is 0 Å². The third-order valence-corrected chi connectivity index (χ3v) is 1.99. The van der Waals surface area contributed by atoms with E-state index in [1.54, 1.807) is 0 Å². The van der Waals surface area contributed by atoms with Gasteiger partial charge in [-0.1, -0.05) is 30.3 Å². The smallest absolute Gasteiger partial charge is 0.130 e. The second-order valence-electron chi connectivity index (χ2n) is 3.17. The van der Waals surface area contributed by atoms with Gasteiger partial charge in [-0.2, -0.15) is 0 Å². The fourth-order valence-corrected chi connectivity index (χ4v) is 1.33. The molecule has 0 aromatic heterocycles. The summed E-state index contributed by atoms with van der Waals surface area (Å²) >= 11 is 0. The predicted octanol–water partition coefficient (Wildman–Crippen LogP) is 2.72. The van der Waals surface area contributed by atoms with Crippen molar-refractivity contribution in [3.8, 4) is 0 Å². The molecule has 2 heteroatoms. The minimum Gasteiger partial charge on any atom is -0.300 e. The van der Waals surface area contributed by atoms with Gasteiger partial charge >= 0.3 is 0 Å². The summed E-state index contributed by atoms with van der Waals surface area (Å²) in [5.74, 6) is -0.231. The van der Waals surface area contributed by atoms with E-state index < -0.39 is 6.67 Å². The highest BCUT2D eigenvalue weighted by atomic mass is 19.1. The van der Waals surface area contributed by atoms with Crippen LogP contribution in [0.15, 0.2) is 30.3 Å². The summed E-state index contributed by atoms with van der Waals surface area (Å²) in [6, 6.07) is 9.31. The predicted molar refractivity (Wildman–Crippen MR) is 50.5 cm³/mol. The quantitative estimate of drug-likeness (QED) is 0.696. The maximum absolute atomic E-state index is 12.6. The SMILES string of the molecule is CC(=O)C[C@H](CF)c1ccccc1. The van der Waals surface area contributed by atoms with Crippen molar-refractivity contribution >= 4 is 5.78 Å². The van der Waals surface area contributed by atoms with Crippen molar-refractivity contribution in [1.29, 1.82) is 0 Å². The number of hydrogen-bond acceptors (Lipinski definition) is 1. The summed E-state index contributed by atoms with van der Waals surface area (Å²) in [5, 5.41) is 0. The van der Waals surface area contributed by atoms with Crippen molar-refractivity contribution in [3.63, 3.8) is 0 Å². The molecule has 1 aromatic rings. The fourth-order valence-electron chi connectivity index (χ4n) is 1.33. The Labute approximate surface area is 77.6 Å². The third-order valence-electron chi connectivity index (χ3n) is 1.99. The molecule has 0 amide bonds. The first-order valence-electron chi connectivity index (χ1n) is 4.34. The van der Waals surface area contributed by atoms with Crippen LogP contribution in [-0.4, -0.2) is 12.5 Å². The first-order chi connectivity index (χ1) is 6.24. The van der Waals surface area contributed by atoms with Crippen LogP contribution in [0, 0.1) is 0 Å². The van der Waals surface area contributed by atoms with E-state index in [1.165, 1.54) is 6.92 Å². The zero-order chi connectivity index (χ0) is 9.68. The third kappa shape index (κ3) is 2.98. The van der Waals surface area contributed by atoms with E-state index in [-0.39, 0.29) is 11.7 Å². The Kier molecular flexibility index (Phi) is 3.62. The van der Waals surface area contributed by atoms with Gasteiger partial charge in [0, 0.05) is 12.3 Å². The van der Waals surface area contributed by atoms with Gasteiger partial charge < -0.3 is 4.79 Å². The van der Waals surface area contributed by atoms with Gasteiger partial charge in [-0.3, -0.25) is 4.39 Å². The van der Waals surface area contributed by atoms with Gasteiger partial charge in [-0.15, -0.1) is 0 Å². The zero-order valence-corrected chi connectivity index (χ0v) is 7.66. The summed E-state index contributed by atoms with van der Waals surface area (Å²) in [5.41, 5.74) is 0.903. The van der Waals surface area contributed by atoms with Crippen molar-refractivity contribution in [2.45, 2.75) is 19.3 Å². The number of ketones is 1. The van der Waals surface area contributed by atoms with Gasteiger partial charge in [-0.05, 0) is 12.5 Å². The van der Waals surface area contributed by atoms with Crippen LogP contribution in [0.25, 0.3) is 0 Å². The largest absolute Gasteiger partial charge is 0.300 e. The molecule has 0 heterocycles. The van der Waals surface area contributed by atoms with Crippen LogP contribution in [0.3, 0.4) is 0 Å². The number of benzene rings is 1. The Balaban J connectivity index is 2.73. The molecule has 1 aromatic carbocycles. The molecule has 1 nitrogen and oxygen atoms in total. The molecule has 0 fully saturated rings. The molecule has 0 spiro atoms. The Morgan fingerprint density at radius 3 is 2.46 bits per heavy atom. The molecule has 1 rings (SSSR count). The van der Waals surface area contributed by atoms with E-state index in [9.17, 15) is 9.18 Å². The summed E-state index contributed by atoms with van der Waals surface area (Å²) in [7, 11) is 0. The molecule has 1 atom stereocenters. The lowest BCUT2D eigenvalue weighted by Gasteiger charge is -2.10. The van der Waals surface area contributed by atoms with Crippen molar-refractivity contribution in [3.05, 3.63) is 35.9 Å². The van der Waals surface area contributed by atoms with Crippen LogP contribution in [0.4, 0.5) is 4.39 Å². The summed E-state index contributed by atoms with van der Waals surface area (Å²) in [4.78, 5) is 10.8. The number of carbonyl (C=O) groups is 1. The average Bonchev–Trinajstić information content (AvgIpc) is 2.15. The molecular weight excluding hydrogens is 167 g/mol. The van der Waals surface area contributed by atoms with Crippen LogP contribution < -0.4 is 0 Å². The van der Waals surface area contributed by atoms with Gasteiger partial charge in [0.25, 0.3) is 0 Å². The van der Waals surface area contributed by atoms with Crippen molar-refractivity contribution in [2.75, 3.05) is 6.67 Å². The van der Waals surface area contributed by atoms with Gasteiger partial charge in [0.15, 0.2) is 0 Å². The molecule has 13 heavy (non-hydrogen) atoms. The lowest BCUT2D eigenvalue weighted by Crippen LogP contribution is -2.05. The summed E-state index contributed by atoms with van der Waals surface area (Å²) in [6.07, 6.45) is 0.292. The van der Waals surface area contributed by atoms with Crippen molar-refractivity contribution in [1.82, 2.24) is 0 Å². The summed E-state index contributed by atoms with van der Waals surface area (Å²) in [6.45, 7) is 1.02. The second kappa shape index (κ2) is 4.75. The number of carbonyl (C=O) groups excluding carboxylic acids is 1. The second-order valence-corrected chi connectivity index (χ2v) is 3.17. The molecule has 0 unspecified atom stereocenters. The standard InChI is InChI=1S/C11H13FO/c1-9(13)7-11(8-12)10-5-3-2-4-6-10/h2-6,11H,7-8H2,1H3/t11-/m1/s1. The molecule has 0 N–H and O–H groups in total. The molecule has 70 valence electrons. The van der Waals surface area contributed by atoms with E-state index in [0.717, 1.165) is 5.56 Å². The number of Topliss-reactive ketones (excluding diaryl/α,β-unsaturated/α-hetero) is 1. The van der Waals surface area contributed by atoms with Crippen molar-refractivity contribution < 1.29 is 9.18 Å². The van der Waals surface area contributed by atoms with E-state index in [0.29, 0.717) is 6.42 Å². The first-order valence-corrected chi connectivity index (χ1v) is 4.34. The highest BCUT2D eigenvalue weighted by Gasteiger charge is 2.12. The van der Waals surface area contributed by atoms with E-state index in [2.05, 4.69) is 0 Å². The van der Waals surface area contributed by atoms with Crippen LogP contribution in [0.5, 0.6) is 0 Å².